The van der Waals surface area contributed by atoms with Crippen molar-refractivity contribution in [3.8, 4) is 0 Å². The van der Waals surface area contributed by atoms with E-state index in [1.807, 2.05) is 70.2 Å². The molecule has 1 saturated heterocycles. The number of carbonyl (C=O) groups excluding carboxylic acids is 1. The molecule has 2 aromatic rings. The normalized spacial score (nSPS) is 18.1. The summed E-state index contributed by atoms with van der Waals surface area (Å²) < 4.78 is 5.68. The average molecular weight is 384 g/mol. The minimum atomic E-state index is -0.954. The van der Waals surface area contributed by atoms with E-state index < -0.39 is 17.8 Å². The standard InChI is InChI=1S/C22H28N2O4/c1-15(18-11-7-9-16-8-5-6-10-19(16)18)24(21(27)28-22(2,3)4)17-12-13-23(14-17)20(25)26/h5-11,15,17H,12-14H2,1-4H3,(H,25,26)/t15-,17+/m1/s1. The van der Waals surface area contributed by atoms with Gasteiger partial charge in [0, 0.05) is 13.1 Å². The van der Waals surface area contributed by atoms with Crippen LogP contribution in [0.4, 0.5) is 9.59 Å². The lowest BCUT2D eigenvalue weighted by Gasteiger charge is -2.36. The van der Waals surface area contributed by atoms with Crippen molar-refractivity contribution in [2.24, 2.45) is 0 Å². The molecular formula is C22H28N2O4. The van der Waals surface area contributed by atoms with Crippen LogP contribution in [0.15, 0.2) is 42.5 Å². The van der Waals surface area contributed by atoms with E-state index in [1.165, 1.54) is 4.90 Å². The second-order valence-corrected chi connectivity index (χ2v) is 8.30. The lowest BCUT2D eigenvalue weighted by atomic mass is 9.97. The number of hydrogen-bond donors (Lipinski definition) is 1. The van der Waals surface area contributed by atoms with Crippen molar-refractivity contribution >= 4 is 23.0 Å². The van der Waals surface area contributed by atoms with Gasteiger partial charge in [-0.25, -0.2) is 9.59 Å². The van der Waals surface area contributed by atoms with E-state index in [-0.39, 0.29) is 12.1 Å². The molecule has 6 heteroatoms. The lowest BCUT2D eigenvalue weighted by Crippen LogP contribution is -2.46. The van der Waals surface area contributed by atoms with Crippen molar-refractivity contribution in [3.63, 3.8) is 0 Å². The van der Waals surface area contributed by atoms with E-state index in [2.05, 4.69) is 0 Å². The summed E-state index contributed by atoms with van der Waals surface area (Å²) in [6.07, 6.45) is -0.768. The molecule has 1 fully saturated rings. The van der Waals surface area contributed by atoms with Crippen LogP contribution in [0.2, 0.25) is 0 Å². The minimum Gasteiger partial charge on any atom is -0.465 e. The Balaban J connectivity index is 1.98. The molecule has 6 nitrogen and oxygen atoms in total. The van der Waals surface area contributed by atoms with Crippen LogP contribution >= 0.6 is 0 Å². The van der Waals surface area contributed by atoms with Gasteiger partial charge in [0.1, 0.15) is 5.60 Å². The fourth-order valence-electron chi connectivity index (χ4n) is 3.85. The summed E-state index contributed by atoms with van der Waals surface area (Å²) in [6, 6.07) is 13.7. The fraction of sp³-hybridized carbons (Fsp3) is 0.455. The molecule has 0 saturated carbocycles. The number of hydrogen-bond acceptors (Lipinski definition) is 3. The van der Waals surface area contributed by atoms with Gasteiger partial charge in [0.05, 0.1) is 12.1 Å². The van der Waals surface area contributed by atoms with Crippen molar-refractivity contribution in [3.05, 3.63) is 48.0 Å². The van der Waals surface area contributed by atoms with E-state index in [0.717, 1.165) is 16.3 Å². The fourth-order valence-corrected chi connectivity index (χ4v) is 3.85. The van der Waals surface area contributed by atoms with E-state index in [4.69, 9.17) is 4.74 Å². The Kier molecular flexibility index (Phi) is 5.49. The Hall–Kier alpha value is -2.76. The smallest absolute Gasteiger partial charge is 0.411 e. The van der Waals surface area contributed by atoms with Gasteiger partial charge in [-0.2, -0.15) is 0 Å². The molecule has 1 aliphatic heterocycles. The van der Waals surface area contributed by atoms with Crippen LogP contribution in [-0.2, 0) is 4.74 Å². The van der Waals surface area contributed by atoms with Crippen molar-refractivity contribution in [2.75, 3.05) is 13.1 Å². The zero-order valence-corrected chi connectivity index (χ0v) is 16.9. The maximum absolute atomic E-state index is 13.1. The first-order valence-corrected chi connectivity index (χ1v) is 9.64. The molecule has 1 N–H and O–H groups in total. The second kappa shape index (κ2) is 7.70. The van der Waals surface area contributed by atoms with Gasteiger partial charge in [-0.1, -0.05) is 42.5 Å². The highest BCUT2D eigenvalue weighted by Crippen LogP contribution is 2.33. The highest BCUT2D eigenvalue weighted by molar-refractivity contribution is 5.86. The number of nitrogens with zero attached hydrogens (tertiary/aromatic N) is 2. The third-order valence-corrected chi connectivity index (χ3v) is 5.12. The third-order valence-electron chi connectivity index (χ3n) is 5.12. The first-order valence-electron chi connectivity index (χ1n) is 9.64. The predicted octanol–water partition coefficient (Wildman–Crippen LogP) is 4.89. The molecule has 28 heavy (non-hydrogen) atoms. The van der Waals surface area contributed by atoms with Gasteiger partial charge in [0.25, 0.3) is 0 Å². The first-order chi connectivity index (χ1) is 13.2. The van der Waals surface area contributed by atoms with Crippen molar-refractivity contribution in [2.45, 2.75) is 51.8 Å². The molecule has 1 aliphatic rings. The molecule has 2 atom stereocenters. The Morgan fingerprint density at radius 2 is 1.86 bits per heavy atom. The van der Waals surface area contributed by atoms with Crippen LogP contribution in [0.25, 0.3) is 10.8 Å². The molecule has 3 rings (SSSR count). The van der Waals surface area contributed by atoms with Gasteiger partial charge < -0.3 is 14.7 Å². The van der Waals surface area contributed by atoms with Gasteiger partial charge in [0.2, 0.25) is 0 Å². The van der Waals surface area contributed by atoms with Crippen LogP contribution < -0.4 is 0 Å². The van der Waals surface area contributed by atoms with E-state index in [1.54, 1.807) is 4.90 Å². The molecule has 1 heterocycles. The van der Waals surface area contributed by atoms with Crippen LogP contribution in [0.5, 0.6) is 0 Å². The molecule has 0 spiro atoms. The van der Waals surface area contributed by atoms with Crippen LogP contribution in [0.1, 0.15) is 45.7 Å². The number of fused-ring (bicyclic) bond motifs is 1. The van der Waals surface area contributed by atoms with Crippen LogP contribution in [0.3, 0.4) is 0 Å². The maximum atomic E-state index is 13.1. The molecule has 2 aromatic carbocycles. The summed E-state index contributed by atoms with van der Waals surface area (Å²) in [4.78, 5) is 27.6. The van der Waals surface area contributed by atoms with Gasteiger partial charge in [-0.15, -0.1) is 0 Å². The van der Waals surface area contributed by atoms with E-state index >= 15 is 0 Å². The zero-order chi connectivity index (χ0) is 20.5. The third kappa shape index (κ3) is 4.21. The van der Waals surface area contributed by atoms with Gasteiger partial charge >= 0.3 is 12.2 Å². The van der Waals surface area contributed by atoms with Crippen molar-refractivity contribution < 1.29 is 19.4 Å². The second-order valence-electron chi connectivity index (χ2n) is 8.30. The minimum absolute atomic E-state index is 0.222. The molecule has 0 aromatic heterocycles. The molecule has 0 radical (unpaired) electrons. The molecular weight excluding hydrogens is 356 g/mol. The summed E-state index contributed by atoms with van der Waals surface area (Å²) in [5, 5.41) is 11.5. The summed E-state index contributed by atoms with van der Waals surface area (Å²) in [7, 11) is 0. The average Bonchev–Trinajstić information content (AvgIpc) is 3.09. The van der Waals surface area contributed by atoms with Crippen molar-refractivity contribution in [1.29, 1.82) is 0 Å². The Morgan fingerprint density at radius 1 is 1.18 bits per heavy atom. The summed E-state index contributed by atoms with van der Waals surface area (Å²) in [5.74, 6) is 0. The molecule has 0 aliphatic carbocycles. The van der Waals surface area contributed by atoms with Crippen molar-refractivity contribution in [1.82, 2.24) is 9.80 Å². The highest BCUT2D eigenvalue weighted by atomic mass is 16.6. The highest BCUT2D eigenvalue weighted by Gasteiger charge is 2.38. The number of carboxylic acid groups (broad SMARTS) is 1. The summed E-state index contributed by atoms with van der Waals surface area (Å²) in [6.45, 7) is 8.21. The van der Waals surface area contributed by atoms with E-state index in [0.29, 0.717) is 19.5 Å². The number of ether oxygens (including phenoxy) is 1. The molecule has 0 bridgehead atoms. The Morgan fingerprint density at radius 3 is 2.50 bits per heavy atom. The monoisotopic (exact) mass is 384 g/mol. The Labute approximate surface area is 165 Å². The number of benzene rings is 2. The lowest BCUT2D eigenvalue weighted by molar-refractivity contribution is 0.00737. The Bertz CT molecular complexity index is 869. The quantitative estimate of drug-likeness (QED) is 0.818. The zero-order valence-electron chi connectivity index (χ0n) is 16.9. The summed E-state index contributed by atoms with van der Waals surface area (Å²) >= 11 is 0. The van der Waals surface area contributed by atoms with Crippen LogP contribution in [0, 0.1) is 0 Å². The number of rotatable bonds is 3. The van der Waals surface area contributed by atoms with Gasteiger partial charge in [-0.3, -0.25) is 4.90 Å². The largest absolute Gasteiger partial charge is 0.465 e. The maximum Gasteiger partial charge on any atom is 0.411 e. The van der Waals surface area contributed by atoms with Crippen LogP contribution in [-0.4, -0.2) is 51.8 Å². The summed E-state index contributed by atoms with van der Waals surface area (Å²) in [5.41, 5.74) is 0.400. The number of amides is 2. The number of carbonyl (C=O) groups is 2. The van der Waals surface area contributed by atoms with Gasteiger partial charge in [-0.05, 0) is 50.5 Å². The first kappa shape index (κ1) is 20.0. The predicted molar refractivity (Wildman–Crippen MR) is 108 cm³/mol. The molecule has 0 unspecified atom stereocenters. The topological polar surface area (TPSA) is 70.1 Å². The SMILES string of the molecule is C[C@H](c1cccc2ccccc12)N(C(=O)OC(C)(C)C)[C@H]1CCN(C(=O)O)C1. The number of likely N-dealkylation sites (tertiary alicyclic amines) is 1. The molecule has 2 amide bonds. The van der Waals surface area contributed by atoms with E-state index in [9.17, 15) is 14.7 Å². The molecule has 150 valence electrons. The van der Waals surface area contributed by atoms with Gasteiger partial charge in [0.15, 0.2) is 0 Å².